The highest BCUT2D eigenvalue weighted by Gasteiger charge is 2.22. The van der Waals surface area contributed by atoms with Gasteiger partial charge in [0, 0.05) is 23.0 Å². The molecule has 0 radical (unpaired) electrons. The number of nitrogens with zero attached hydrogens (tertiary/aromatic N) is 2. The minimum Gasteiger partial charge on any atom is -0.319 e. The molecule has 4 aromatic rings. The van der Waals surface area contributed by atoms with Crippen molar-refractivity contribution in [1.29, 1.82) is 0 Å². The molecule has 0 aliphatic heterocycles. The van der Waals surface area contributed by atoms with Crippen LogP contribution < -0.4 is 0 Å². The van der Waals surface area contributed by atoms with Gasteiger partial charge in [-0.15, -0.1) is 0 Å². The van der Waals surface area contributed by atoms with Gasteiger partial charge in [0.05, 0.1) is 22.6 Å². The van der Waals surface area contributed by atoms with Crippen LogP contribution in [0, 0.1) is 0 Å². The number of benzene rings is 2. The summed E-state index contributed by atoms with van der Waals surface area (Å²) in [5, 5.41) is 0. The van der Waals surface area contributed by atoms with E-state index in [9.17, 15) is 4.79 Å². The van der Waals surface area contributed by atoms with Crippen LogP contribution in [0.25, 0.3) is 28.8 Å². The first-order valence-corrected chi connectivity index (χ1v) is 12.2. The summed E-state index contributed by atoms with van der Waals surface area (Å²) in [5.74, 6) is -0.0216. The molecular weight excluding hydrogens is 416 g/mol. The molecule has 0 atom stereocenters. The van der Waals surface area contributed by atoms with Crippen LogP contribution in [0.1, 0.15) is 60.3 Å². The lowest BCUT2D eigenvalue weighted by Crippen LogP contribution is -2.08. The zero-order valence-corrected chi connectivity index (χ0v) is 20.1. The number of aromatic nitrogens is 2. The molecule has 2 heterocycles. The maximum atomic E-state index is 13.6. The molecule has 0 aliphatic carbocycles. The third-order valence-corrected chi connectivity index (χ3v) is 6.19. The average Bonchev–Trinajstić information content (AvgIpc) is 3.24. The van der Waals surface area contributed by atoms with E-state index in [4.69, 9.17) is 4.98 Å². The highest BCUT2D eigenvalue weighted by Crippen LogP contribution is 2.33. The van der Waals surface area contributed by atoms with E-state index in [1.54, 1.807) is 0 Å². The normalized spacial score (nSPS) is 10.9. The van der Waals surface area contributed by atoms with E-state index >= 15 is 0 Å². The summed E-state index contributed by atoms with van der Waals surface area (Å²) in [6.07, 6.45) is 7.15. The fourth-order valence-electron chi connectivity index (χ4n) is 4.47. The number of carbonyl (C=O) groups is 1. The molecule has 3 nitrogen and oxygen atoms in total. The zero-order valence-electron chi connectivity index (χ0n) is 20.1. The predicted molar refractivity (Wildman–Crippen MR) is 142 cm³/mol. The summed E-state index contributed by atoms with van der Waals surface area (Å²) in [7, 11) is 0. The van der Waals surface area contributed by atoms with Crippen molar-refractivity contribution in [2.24, 2.45) is 0 Å². The van der Waals surface area contributed by atoms with E-state index in [1.165, 1.54) is 11.3 Å². The van der Waals surface area contributed by atoms with Crippen molar-refractivity contribution < 1.29 is 4.79 Å². The van der Waals surface area contributed by atoms with Crippen LogP contribution >= 0.6 is 0 Å². The van der Waals surface area contributed by atoms with E-state index in [2.05, 4.69) is 31.1 Å². The summed E-state index contributed by atoms with van der Waals surface area (Å²) >= 11 is 0. The van der Waals surface area contributed by atoms with Crippen LogP contribution in [0.4, 0.5) is 0 Å². The number of pyridine rings is 1. The molecule has 34 heavy (non-hydrogen) atoms. The second kappa shape index (κ2) is 10.9. The molecule has 0 saturated heterocycles. The number of ketones is 1. The largest absolute Gasteiger partial charge is 0.319 e. The lowest BCUT2D eigenvalue weighted by atomic mass is 9.98. The van der Waals surface area contributed by atoms with Crippen LogP contribution in [-0.2, 0) is 12.8 Å². The zero-order chi connectivity index (χ0) is 23.9. The Hall–Kier alpha value is -3.72. The van der Waals surface area contributed by atoms with Crippen LogP contribution in [-0.4, -0.2) is 15.3 Å². The minimum absolute atomic E-state index is 0.0216. The first-order valence-electron chi connectivity index (χ1n) is 12.2. The van der Waals surface area contributed by atoms with Crippen molar-refractivity contribution in [2.75, 3.05) is 0 Å². The second-order valence-electron chi connectivity index (χ2n) is 8.56. The van der Waals surface area contributed by atoms with Gasteiger partial charge in [-0.1, -0.05) is 93.9 Å². The third kappa shape index (κ3) is 4.79. The Balaban J connectivity index is 1.94. The van der Waals surface area contributed by atoms with Crippen LogP contribution in [0.2, 0.25) is 0 Å². The smallest absolute Gasteiger partial charge is 0.195 e. The van der Waals surface area contributed by atoms with Crippen molar-refractivity contribution in [3.8, 4) is 22.6 Å². The van der Waals surface area contributed by atoms with Crippen molar-refractivity contribution in [3.05, 3.63) is 108 Å². The summed E-state index contributed by atoms with van der Waals surface area (Å²) in [4.78, 5) is 18.7. The van der Waals surface area contributed by atoms with Gasteiger partial charge in [-0.3, -0.25) is 4.79 Å². The first kappa shape index (κ1) is 23.4. The van der Waals surface area contributed by atoms with Gasteiger partial charge < -0.3 is 4.57 Å². The highest BCUT2D eigenvalue weighted by atomic mass is 16.1. The Labute approximate surface area is 202 Å². The van der Waals surface area contributed by atoms with Crippen molar-refractivity contribution in [3.63, 3.8) is 0 Å². The first-order chi connectivity index (χ1) is 16.7. The fourth-order valence-corrected chi connectivity index (χ4v) is 4.47. The lowest BCUT2D eigenvalue weighted by molar-refractivity contribution is 0.103. The number of carbonyl (C=O) groups excluding carboxylic acids is 1. The van der Waals surface area contributed by atoms with E-state index in [1.807, 2.05) is 79.0 Å². The molecular formula is C31H32N2O. The van der Waals surface area contributed by atoms with Gasteiger partial charge in [-0.05, 0) is 43.0 Å². The molecule has 4 rings (SSSR count). The lowest BCUT2D eigenvalue weighted by Gasteiger charge is -2.14. The SMILES string of the molecule is C=Cn1c(-c2nc(-c3ccccc3)ccc2C(=O)c2ccccc2)cc(CCC)c1CCCC. The van der Waals surface area contributed by atoms with E-state index in [-0.39, 0.29) is 5.78 Å². The maximum Gasteiger partial charge on any atom is 0.195 e. The monoisotopic (exact) mass is 448 g/mol. The van der Waals surface area contributed by atoms with Gasteiger partial charge in [0.2, 0.25) is 0 Å². The fraction of sp³-hybridized carbons (Fsp3) is 0.226. The van der Waals surface area contributed by atoms with Crippen LogP contribution in [0.5, 0.6) is 0 Å². The summed E-state index contributed by atoms with van der Waals surface area (Å²) in [6.45, 7) is 8.54. The molecule has 0 spiro atoms. The second-order valence-corrected chi connectivity index (χ2v) is 8.56. The number of hydrogen-bond acceptors (Lipinski definition) is 2. The van der Waals surface area contributed by atoms with E-state index in [0.717, 1.165) is 49.1 Å². The number of unbranched alkanes of at least 4 members (excludes halogenated alkanes) is 1. The van der Waals surface area contributed by atoms with E-state index < -0.39 is 0 Å². The third-order valence-electron chi connectivity index (χ3n) is 6.19. The van der Waals surface area contributed by atoms with Gasteiger partial charge in [-0.2, -0.15) is 0 Å². The molecule has 0 unspecified atom stereocenters. The average molecular weight is 449 g/mol. The van der Waals surface area contributed by atoms with Gasteiger partial charge in [-0.25, -0.2) is 4.98 Å². The van der Waals surface area contributed by atoms with Crippen molar-refractivity contribution in [2.45, 2.75) is 46.0 Å². The number of hydrogen-bond donors (Lipinski definition) is 0. The molecule has 0 N–H and O–H groups in total. The van der Waals surface area contributed by atoms with Gasteiger partial charge >= 0.3 is 0 Å². The Morgan fingerprint density at radius 1 is 0.912 bits per heavy atom. The van der Waals surface area contributed by atoms with E-state index in [0.29, 0.717) is 16.8 Å². The molecule has 2 aromatic heterocycles. The Morgan fingerprint density at radius 2 is 1.62 bits per heavy atom. The molecule has 0 fully saturated rings. The predicted octanol–water partition coefficient (Wildman–Crippen LogP) is 7.84. The van der Waals surface area contributed by atoms with Crippen LogP contribution in [0.3, 0.4) is 0 Å². The van der Waals surface area contributed by atoms with Crippen LogP contribution in [0.15, 0.2) is 85.4 Å². The molecule has 0 amide bonds. The summed E-state index contributed by atoms with van der Waals surface area (Å²) < 4.78 is 2.15. The molecule has 2 aromatic carbocycles. The molecule has 0 saturated carbocycles. The number of rotatable bonds is 10. The van der Waals surface area contributed by atoms with Gasteiger partial charge in [0.25, 0.3) is 0 Å². The highest BCUT2D eigenvalue weighted by molar-refractivity contribution is 6.12. The molecule has 0 aliphatic rings. The molecule has 3 heteroatoms. The van der Waals surface area contributed by atoms with Crippen molar-refractivity contribution >= 4 is 12.0 Å². The Morgan fingerprint density at radius 3 is 2.26 bits per heavy atom. The Bertz CT molecular complexity index is 1270. The minimum atomic E-state index is -0.0216. The molecule has 172 valence electrons. The van der Waals surface area contributed by atoms with Gasteiger partial charge in [0.1, 0.15) is 0 Å². The topological polar surface area (TPSA) is 34.9 Å². The summed E-state index contributed by atoms with van der Waals surface area (Å²) in [5.41, 5.74) is 7.38. The Kier molecular flexibility index (Phi) is 7.54. The maximum absolute atomic E-state index is 13.6. The van der Waals surface area contributed by atoms with Crippen molar-refractivity contribution in [1.82, 2.24) is 9.55 Å². The van der Waals surface area contributed by atoms with Gasteiger partial charge in [0.15, 0.2) is 5.78 Å². The standard InChI is InChI=1S/C31H32N2O/c1-4-7-19-28-25(14-5-2)22-29(33(28)6-3)30-26(31(34)24-17-12-9-13-18-24)20-21-27(32-30)23-15-10-8-11-16-23/h6,8-13,15-18,20-22H,3-5,7,14,19H2,1-2H3. The molecule has 0 bridgehead atoms. The quantitative estimate of drug-likeness (QED) is 0.232. The number of aryl methyl sites for hydroxylation is 1. The summed E-state index contributed by atoms with van der Waals surface area (Å²) in [6, 6.07) is 25.6.